The summed E-state index contributed by atoms with van der Waals surface area (Å²) in [6, 6.07) is 15.1. The molecular formula is C18H18N2O2. The Morgan fingerprint density at radius 1 is 1.23 bits per heavy atom. The maximum absolute atomic E-state index is 11.8. The average molecular weight is 294 g/mol. The number of carbonyl (C=O) groups is 1. The topological polar surface area (TPSA) is 62.1 Å². The highest BCUT2D eigenvalue weighted by atomic mass is 16.5. The summed E-state index contributed by atoms with van der Waals surface area (Å²) in [5.41, 5.74) is 3.64. The first-order chi connectivity index (χ1) is 10.6. The Kier molecular flexibility index (Phi) is 5.16. The van der Waals surface area contributed by atoms with Crippen LogP contribution in [0.5, 0.6) is 5.75 Å². The van der Waals surface area contributed by atoms with Crippen molar-refractivity contribution in [1.29, 1.82) is 5.26 Å². The van der Waals surface area contributed by atoms with Crippen LogP contribution in [-0.2, 0) is 11.3 Å². The molecule has 0 unspecified atom stereocenters. The second kappa shape index (κ2) is 7.28. The minimum Gasteiger partial charge on any atom is -0.484 e. The van der Waals surface area contributed by atoms with Gasteiger partial charge in [0.05, 0.1) is 11.6 Å². The zero-order chi connectivity index (χ0) is 15.9. The normalized spacial score (nSPS) is 9.86. The molecule has 0 fully saturated rings. The molecule has 22 heavy (non-hydrogen) atoms. The first kappa shape index (κ1) is 15.6. The van der Waals surface area contributed by atoms with Gasteiger partial charge in [-0.05, 0) is 43.2 Å². The Morgan fingerprint density at radius 3 is 2.77 bits per heavy atom. The molecule has 0 radical (unpaired) electrons. The van der Waals surface area contributed by atoms with Gasteiger partial charge in [0.1, 0.15) is 5.75 Å². The second-order valence-corrected chi connectivity index (χ2v) is 5.15. The molecule has 1 amide bonds. The van der Waals surface area contributed by atoms with E-state index >= 15 is 0 Å². The Bertz CT molecular complexity index is 717. The number of nitrogens with one attached hydrogen (secondary N) is 1. The molecule has 1 N–H and O–H groups in total. The highest BCUT2D eigenvalue weighted by Crippen LogP contribution is 2.18. The molecule has 112 valence electrons. The third-order valence-electron chi connectivity index (χ3n) is 3.23. The van der Waals surface area contributed by atoms with Crippen LogP contribution >= 0.6 is 0 Å². The van der Waals surface area contributed by atoms with Crippen molar-refractivity contribution in [2.45, 2.75) is 20.4 Å². The van der Waals surface area contributed by atoms with E-state index in [4.69, 9.17) is 10.00 Å². The smallest absolute Gasteiger partial charge is 0.258 e. The van der Waals surface area contributed by atoms with Gasteiger partial charge in [-0.15, -0.1) is 0 Å². The number of hydrogen-bond acceptors (Lipinski definition) is 3. The molecule has 0 bridgehead atoms. The number of amides is 1. The zero-order valence-electron chi connectivity index (χ0n) is 12.7. The lowest BCUT2D eigenvalue weighted by atomic mass is 10.1. The highest BCUT2D eigenvalue weighted by Gasteiger charge is 2.05. The summed E-state index contributed by atoms with van der Waals surface area (Å²) in [5.74, 6) is 0.523. The quantitative estimate of drug-likeness (QED) is 0.922. The van der Waals surface area contributed by atoms with E-state index in [0.717, 1.165) is 16.7 Å². The van der Waals surface area contributed by atoms with Crippen LogP contribution in [0.4, 0.5) is 0 Å². The molecule has 2 aromatic carbocycles. The number of aryl methyl sites for hydroxylation is 2. The lowest BCUT2D eigenvalue weighted by Crippen LogP contribution is -2.28. The number of hydrogen-bond donors (Lipinski definition) is 1. The number of benzene rings is 2. The van der Waals surface area contributed by atoms with Crippen LogP contribution < -0.4 is 10.1 Å². The van der Waals surface area contributed by atoms with Gasteiger partial charge in [0, 0.05) is 6.54 Å². The molecule has 4 nitrogen and oxygen atoms in total. The second-order valence-electron chi connectivity index (χ2n) is 5.15. The summed E-state index contributed by atoms with van der Waals surface area (Å²) in [7, 11) is 0. The summed E-state index contributed by atoms with van der Waals surface area (Å²) < 4.78 is 5.52. The van der Waals surface area contributed by atoms with E-state index in [1.165, 1.54) is 0 Å². The van der Waals surface area contributed by atoms with Crippen molar-refractivity contribution in [2.24, 2.45) is 0 Å². The van der Waals surface area contributed by atoms with Crippen molar-refractivity contribution in [3.8, 4) is 11.8 Å². The molecule has 0 heterocycles. The zero-order valence-corrected chi connectivity index (χ0v) is 12.7. The molecule has 0 saturated carbocycles. The van der Waals surface area contributed by atoms with Crippen LogP contribution in [0.2, 0.25) is 0 Å². The SMILES string of the molecule is Cc1ccc(OCC(=O)NCc2cccc(C#N)c2)c(C)c1. The van der Waals surface area contributed by atoms with Crippen molar-refractivity contribution in [3.63, 3.8) is 0 Å². The molecule has 0 spiro atoms. The van der Waals surface area contributed by atoms with Gasteiger partial charge in [-0.2, -0.15) is 5.26 Å². The Morgan fingerprint density at radius 2 is 2.05 bits per heavy atom. The van der Waals surface area contributed by atoms with Gasteiger partial charge < -0.3 is 10.1 Å². The number of carbonyl (C=O) groups excluding carboxylic acids is 1. The molecule has 4 heteroatoms. The lowest BCUT2D eigenvalue weighted by Gasteiger charge is -2.10. The standard InChI is InChI=1S/C18H18N2O2/c1-13-6-7-17(14(2)8-13)22-12-18(21)20-11-16-5-3-4-15(9-16)10-19/h3-9H,11-12H2,1-2H3,(H,20,21). The molecule has 2 aromatic rings. The lowest BCUT2D eigenvalue weighted by molar-refractivity contribution is -0.123. The molecule has 2 rings (SSSR count). The molecule has 0 aromatic heterocycles. The molecule has 0 aliphatic rings. The number of rotatable bonds is 5. The minimum absolute atomic E-state index is 0.0260. The van der Waals surface area contributed by atoms with Gasteiger partial charge in [-0.3, -0.25) is 4.79 Å². The van der Waals surface area contributed by atoms with Crippen molar-refractivity contribution < 1.29 is 9.53 Å². The number of nitriles is 1. The van der Waals surface area contributed by atoms with Crippen LogP contribution in [-0.4, -0.2) is 12.5 Å². The minimum atomic E-state index is -0.192. The maximum Gasteiger partial charge on any atom is 0.258 e. The predicted molar refractivity (Wildman–Crippen MR) is 84.4 cm³/mol. The van der Waals surface area contributed by atoms with E-state index in [0.29, 0.717) is 17.9 Å². The van der Waals surface area contributed by atoms with Crippen molar-refractivity contribution >= 4 is 5.91 Å². The molecule has 0 saturated heterocycles. The Hall–Kier alpha value is -2.80. The first-order valence-electron chi connectivity index (χ1n) is 7.04. The highest BCUT2D eigenvalue weighted by molar-refractivity contribution is 5.77. The van der Waals surface area contributed by atoms with Crippen LogP contribution in [0, 0.1) is 25.2 Å². The summed E-state index contributed by atoms with van der Waals surface area (Å²) in [6.07, 6.45) is 0. The monoisotopic (exact) mass is 294 g/mol. The maximum atomic E-state index is 11.8. The Balaban J connectivity index is 1.84. The molecule has 0 aliphatic heterocycles. The van der Waals surface area contributed by atoms with Gasteiger partial charge in [0.2, 0.25) is 0 Å². The van der Waals surface area contributed by atoms with E-state index in [1.54, 1.807) is 18.2 Å². The fourth-order valence-electron chi connectivity index (χ4n) is 2.11. The van der Waals surface area contributed by atoms with Crippen LogP contribution in [0.3, 0.4) is 0 Å². The van der Waals surface area contributed by atoms with E-state index in [-0.39, 0.29) is 12.5 Å². The van der Waals surface area contributed by atoms with Gasteiger partial charge in [-0.25, -0.2) is 0 Å². The molecule has 0 atom stereocenters. The summed E-state index contributed by atoms with van der Waals surface area (Å²) in [5, 5.41) is 11.6. The molecular weight excluding hydrogens is 276 g/mol. The van der Waals surface area contributed by atoms with Crippen LogP contribution in [0.15, 0.2) is 42.5 Å². The molecule has 0 aliphatic carbocycles. The summed E-state index contributed by atoms with van der Waals surface area (Å²) in [6.45, 7) is 4.32. The van der Waals surface area contributed by atoms with Crippen LogP contribution in [0.25, 0.3) is 0 Å². The summed E-state index contributed by atoms with van der Waals surface area (Å²) >= 11 is 0. The van der Waals surface area contributed by atoms with Gasteiger partial charge in [0.15, 0.2) is 6.61 Å². The number of nitrogens with zero attached hydrogens (tertiary/aromatic N) is 1. The fourth-order valence-corrected chi connectivity index (χ4v) is 2.11. The summed E-state index contributed by atoms with van der Waals surface area (Å²) in [4.78, 5) is 11.8. The van der Waals surface area contributed by atoms with Gasteiger partial charge in [-0.1, -0.05) is 29.8 Å². The van der Waals surface area contributed by atoms with Gasteiger partial charge in [0.25, 0.3) is 5.91 Å². The Labute approximate surface area is 130 Å². The predicted octanol–water partition coefficient (Wildman–Crippen LogP) is 2.87. The fraction of sp³-hybridized carbons (Fsp3) is 0.222. The largest absolute Gasteiger partial charge is 0.484 e. The van der Waals surface area contributed by atoms with Crippen molar-refractivity contribution in [2.75, 3.05) is 6.61 Å². The van der Waals surface area contributed by atoms with E-state index < -0.39 is 0 Å². The third kappa shape index (κ3) is 4.35. The van der Waals surface area contributed by atoms with Gasteiger partial charge >= 0.3 is 0 Å². The third-order valence-corrected chi connectivity index (χ3v) is 3.23. The van der Waals surface area contributed by atoms with Crippen molar-refractivity contribution in [3.05, 3.63) is 64.7 Å². The van der Waals surface area contributed by atoms with E-state index in [1.807, 2.05) is 38.1 Å². The van der Waals surface area contributed by atoms with E-state index in [2.05, 4.69) is 11.4 Å². The van der Waals surface area contributed by atoms with Crippen molar-refractivity contribution in [1.82, 2.24) is 5.32 Å². The number of ether oxygens (including phenoxy) is 1. The van der Waals surface area contributed by atoms with Crippen LogP contribution in [0.1, 0.15) is 22.3 Å². The average Bonchev–Trinajstić information content (AvgIpc) is 2.52. The van der Waals surface area contributed by atoms with E-state index in [9.17, 15) is 4.79 Å². The first-order valence-corrected chi connectivity index (χ1v) is 7.04.